The van der Waals surface area contributed by atoms with Crippen molar-refractivity contribution in [3.63, 3.8) is 0 Å². The van der Waals surface area contributed by atoms with E-state index in [-0.39, 0.29) is 10.8 Å². The van der Waals surface area contributed by atoms with Crippen molar-refractivity contribution >= 4 is 11.3 Å². The monoisotopic (exact) mass is 353 g/mol. The van der Waals surface area contributed by atoms with Crippen molar-refractivity contribution in [3.8, 4) is 0 Å². The largest absolute Gasteiger partial charge is 0.260 e. The predicted molar refractivity (Wildman–Crippen MR) is 108 cm³/mol. The van der Waals surface area contributed by atoms with Gasteiger partial charge in [-0.25, -0.2) is 0 Å². The average molecular weight is 354 g/mol. The van der Waals surface area contributed by atoms with E-state index in [0.29, 0.717) is 10.8 Å². The first-order chi connectivity index (χ1) is 11.6. The summed E-state index contributed by atoms with van der Waals surface area (Å²) >= 11 is 1.95. The molecule has 1 nitrogen and oxygen atoms in total. The number of hydrogen-bond donors (Lipinski definition) is 0. The molecule has 2 aliphatic rings. The Morgan fingerprint density at radius 1 is 0.880 bits per heavy atom. The smallest absolute Gasteiger partial charge is 0.0500 e. The lowest BCUT2D eigenvalue weighted by Gasteiger charge is -2.33. The van der Waals surface area contributed by atoms with E-state index in [1.165, 1.54) is 36.9 Å². The minimum absolute atomic E-state index is 0.200. The molecule has 2 heterocycles. The molecule has 4 rings (SSSR count). The SMILES string of the molecule is CC1(C)C[C@](C)(CC[C@]2(C)CC(C)(C)c3sccc32)c2ncccc21. The third kappa shape index (κ3) is 2.51. The van der Waals surface area contributed by atoms with Gasteiger partial charge < -0.3 is 0 Å². The van der Waals surface area contributed by atoms with Crippen LogP contribution in [0.15, 0.2) is 29.8 Å². The van der Waals surface area contributed by atoms with Gasteiger partial charge in [-0.05, 0) is 65.2 Å². The molecule has 0 amide bonds. The third-order valence-electron chi connectivity index (χ3n) is 6.93. The van der Waals surface area contributed by atoms with Gasteiger partial charge in [-0.15, -0.1) is 11.3 Å². The summed E-state index contributed by atoms with van der Waals surface area (Å²) in [5.41, 5.74) is 5.50. The second kappa shape index (κ2) is 5.19. The van der Waals surface area contributed by atoms with Gasteiger partial charge in [0.1, 0.15) is 0 Å². The van der Waals surface area contributed by atoms with Gasteiger partial charge in [0.15, 0.2) is 0 Å². The van der Waals surface area contributed by atoms with Crippen LogP contribution in [0.4, 0.5) is 0 Å². The molecular weight excluding hydrogens is 322 g/mol. The van der Waals surface area contributed by atoms with Crippen LogP contribution in [0.5, 0.6) is 0 Å². The van der Waals surface area contributed by atoms with Gasteiger partial charge in [0.05, 0.1) is 0 Å². The fourth-order valence-electron chi connectivity index (χ4n) is 6.03. The first kappa shape index (κ1) is 17.3. The van der Waals surface area contributed by atoms with Crippen molar-refractivity contribution in [1.29, 1.82) is 0 Å². The second-order valence-electron chi connectivity index (χ2n) is 10.3. The van der Waals surface area contributed by atoms with Crippen molar-refractivity contribution in [2.24, 2.45) is 0 Å². The van der Waals surface area contributed by atoms with Crippen molar-refractivity contribution in [3.05, 3.63) is 51.5 Å². The van der Waals surface area contributed by atoms with Gasteiger partial charge in [0.2, 0.25) is 0 Å². The molecule has 134 valence electrons. The number of nitrogens with zero attached hydrogens (tertiary/aromatic N) is 1. The van der Waals surface area contributed by atoms with Crippen LogP contribution < -0.4 is 0 Å². The second-order valence-corrected chi connectivity index (χ2v) is 11.2. The fraction of sp³-hybridized carbons (Fsp3) is 0.609. The first-order valence-electron chi connectivity index (χ1n) is 9.62. The van der Waals surface area contributed by atoms with Gasteiger partial charge in [0, 0.05) is 27.6 Å². The summed E-state index contributed by atoms with van der Waals surface area (Å²) in [6, 6.07) is 6.79. The van der Waals surface area contributed by atoms with Crippen LogP contribution in [0, 0.1) is 0 Å². The number of aromatic nitrogens is 1. The number of thiophene rings is 1. The summed E-state index contributed by atoms with van der Waals surface area (Å²) in [5.74, 6) is 0. The van der Waals surface area contributed by atoms with E-state index in [1.54, 1.807) is 10.4 Å². The molecule has 0 bridgehead atoms. The molecule has 0 aliphatic heterocycles. The fourth-order valence-corrected chi connectivity index (χ4v) is 7.20. The summed E-state index contributed by atoms with van der Waals surface area (Å²) < 4.78 is 0. The van der Waals surface area contributed by atoms with E-state index in [0.717, 1.165) is 0 Å². The number of pyridine rings is 1. The lowest BCUT2D eigenvalue weighted by atomic mass is 9.70. The standard InChI is InChI=1S/C23H31NS/c1-20(2)14-23(6,18-16(20)8-7-12-24-18)11-10-22(5)15-21(3,4)19-17(22)9-13-25-19/h7-9,12-13H,10-11,14-15H2,1-6H3/t22-,23+/m1/s1. The lowest BCUT2D eigenvalue weighted by molar-refractivity contribution is 0.281. The summed E-state index contributed by atoms with van der Waals surface area (Å²) in [7, 11) is 0. The van der Waals surface area contributed by atoms with Crippen molar-refractivity contribution in [2.45, 2.75) is 88.9 Å². The molecule has 2 aromatic rings. The Morgan fingerprint density at radius 3 is 2.32 bits per heavy atom. The van der Waals surface area contributed by atoms with Crippen LogP contribution >= 0.6 is 11.3 Å². The Labute approximate surface area is 156 Å². The average Bonchev–Trinajstić information content (AvgIpc) is 3.14. The first-order valence-corrected chi connectivity index (χ1v) is 10.5. The molecule has 2 atom stereocenters. The minimum Gasteiger partial charge on any atom is -0.260 e. The van der Waals surface area contributed by atoms with Crippen LogP contribution in [-0.2, 0) is 21.7 Å². The third-order valence-corrected chi connectivity index (χ3v) is 8.21. The highest BCUT2D eigenvalue weighted by Crippen LogP contribution is 2.57. The minimum atomic E-state index is 0.200. The maximum absolute atomic E-state index is 4.84. The van der Waals surface area contributed by atoms with Gasteiger partial charge in [-0.1, -0.05) is 47.6 Å². The number of fused-ring (bicyclic) bond motifs is 2. The Morgan fingerprint density at radius 2 is 1.56 bits per heavy atom. The maximum Gasteiger partial charge on any atom is 0.0500 e. The molecule has 0 unspecified atom stereocenters. The molecule has 0 saturated heterocycles. The summed E-state index contributed by atoms with van der Waals surface area (Å²) in [6.07, 6.45) is 6.94. The van der Waals surface area contributed by atoms with Gasteiger partial charge in [-0.3, -0.25) is 4.98 Å². The van der Waals surface area contributed by atoms with Gasteiger partial charge >= 0.3 is 0 Å². The zero-order valence-corrected chi connectivity index (χ0v) is 17.4. The Hall–Kier alpha value is -1.15. The van der Waals surface area contributed by atoms with Crippen LogP contribution in [0.25, 0.3) is 0 Å². The van der Waals surface area contributed by atoms with Gasteiger partial charge in [0.25, 0.3) is 0 Å². The van der Waals surface area contributed by atoms with E-state index >= 15 is 0 Å². The van der Waals surface area contributed by atoms with Crippen molar-refractivity contribution in [2.75, 3.05) is 0 Å². The summed E-state index contributed by atoms with van der Waals surface area (Å²) in [5, 5.41) is 2.29. The van der Waals surface area contributed by atoms with Crippen LogP contribution in [-0.4, -0.2) is 4.98 Å². The molecule has 0 spiro atoms. The molecule has 0 saturated carbocycles. The zero-order valence-electron chi connectivity index (χ0n) is 16.6. The molecule has 2 heteroatoms. The van der Waals surface area contributed by atoms with E-state index < -0.39 is 0 Å². The molecule has 2 aliphatic carbocycles. The Bertz CT molecular complexity index is 815. The maximum atomic E-state index is 4.84. The highest BCUT2D eigenvalue weighted by atomic mass is 32.1. The van der Waals surface area contributed by atoms with E-state index in [9.17, 15) is 0 Å². The van der Waals surface area contributed by atoms with Crippen molar-refractivity contribution < 1.29 is 0 Å². The molecule has 0 radical (unpaired) electrons. The highest BCUT2D eigenvalue weighted by Gasteiger charge is 2.49. The van der Waals surface area contributed by atoms with Gasteiger partial charge in [-0.2, -0.15) is 0 Å². The van der Waals surface area contributed by atoms with Crippen LogP contribution in [0.2, 0.25) is 0 Å². The Balaban J connectivity index is 1.63. The zero-order chi connectivity index (χ0) is 18.1. The summed E-state index contributed by atoms with van der Waals surface area (Å²) in [4.78, 5) is 6.46. The number of rotatable bonds is 3. The quantitative estimate of drug-likeness (QED) is 0.613. The molecule has 0 fully saturated rings. The van der Waals surface area contributed by atoms with E-state index in [4.69, 9.17) is 4.98 Å². The van der Waals surface area contributed by atoms with Crippen molar-refractivity contribution in [1.82, 2.24) is 4.98 Å². The topological polar surface area (TPSA) is 12.9 Å². The molecular formula is C23H31NS. The van der Waals surface area contributed by atoms with Crippen LogP contribution in [0.3, 0.4) is 0 Å². The van der Waals surface area contributed by atoms with Crippen LogP contribution in [0.1, 0.15) is 88.9 Å². The molecule has 25 heavy (non-hydrogen) atoms. The van der Waals surface area contributed by atoms with E-state index in [2.05, 4.69) is 65.1 Å². The predicted octanol–water partition coefficient (Wildman–Crippen LogP) is 6.50. The molecule has 0 aromatic carbocycles. The Kier molecular flexibility index (Phi) is 3.59. The molecule has 2 aromatic heterocycles. The van der Waals surface area contributed by atoms with E-state index in [1.807, 2.05) is 17.5 Å². The summed E-state index contributed by atoms with van der Waals surface area (Å²) in [6.45, 7) is 14.6. The number of hydrogen-bond acceptors (Lipinski definition) is 2. The normalized spacial score (nSPS) is 31.8. The lowest BCUT2D eigenvalue weighted by Crippen LogP contribution is -2.28. The highest BCUT2D eigenvalue weighted by molar-refractivity contribution is 7.10. The molecule has 0 N–H and O–H groups in total.